The van der Waals surface area contributed by atoms with E-state index in [9.17, 15) is 13.2 Å². The van der Waals surface area contributed by atoms with E-state index in [0.29, 0.717) is 24.5 Å². The number of carbonyl (C=O) groups excluding carboxylic acids is 1. The Morgan fingerprint density at radius 2 is 1.50 bits per heavy atom. The number of carbonyl (C=O) groups is 1. The first kappa shape index (κ1) is 24.1. The van der Waals surface area contributed by atoms with Crippen molar-refractivity contribution >= 4 is 15.9 Å². The molecule has 0 unspecified atom stereocenters. The molecule has 0 heterocycles. The Labute approximate surface area is 180 Å². The molecule has 2 aromatic rings. The smallest absolute Gasteiger partial charge is 0.277 e. The number of sulfonamides is 1. The van der Waals surface area contributed by atoms with Crippen LogP contribution in [0.5, 0.6) is 0 Å². The number of amides is 1. The van der Waals surface area contributed by atoms with Crippen LogP contribution in [0.15, 0.2) is 59.5 Å². The maximum atomic E-state index is 12.6. The molecule has 0 aliphatic carbocycles. The van der Waals surface area contributed by atoms with Crippen molar-refractivity contribution in [1.82, 2.24) is 9.21 Å². The van der Waals surface area contributed by atoms with Crippen LogP contribution in [0.4, 0.5) is 0 Å². The van der Waals surface area contributed by atoms with Crippen molar-refractivity contribution in [3.8, 4) is 0 Å². The van der Waals surface area contributed by atoms with Crippen LogP contribution in [0.3, 0.4) is 0 Å². The highest BCUT2D eigenvalue weighted by atomic mass is 32.2. The zero-order valence-corrected chi connectivity index (χ0v) is 19.4. The summed E-state index contributed by atoms with van der Waals surface area (Å²) in [7, 11) is -1.63. The van der Waals surface area contributed by atoms with Crippen LogP contribution in [0.1, 0.15) is 50.9 Å². The Morgan fingerprint density at radius 1 is 0.933 bits per heavy atom. The third kappa shape index (κ3) is 5.68. The summed E-state index contributed by atoms with van der Waals surface area (Å²) in [5.74, 6) is 0.0546. The molecule has 164 valence electrons. The average Bonchev–Trinajstić information content (AvgIpc) is 2.77. The van der Waals surface area contributed by atoms with Crippen molar-refractivity contribution in [2.24, 2.45) is 0 Å². The highest BCUT2D eigenvalue weighted by Crippen LogP contribution is 2.19. The Hall–Kier alpha value is -2.22. The van der Waals surface area contributed by atoms with Gasteiger partial charge in [-0.05, 0) is 31.5 Å². The van der Waals surface area contributed by atoms with E-state index in [-0.39, 0.29) is 18.0 Å². The molecule has 0 bridgehead atoms. The van der Waals surface area contributed by atoms with Gasteiger partial charge in [-0.2, -0.15) is 4.31 Å². The molecule has 2 aromatic carbocycles. The number of nitrogens with zero attached hydrogens (tertiary/aromatic N) is 2. The van der Waals surface area contributed by atoms with Gasteiger partial charge in [-0.25, -0.2) is 8.42 Å². The molecule has 0 spiro atoms. The van der Waals surface area contributed by atoms with E-state index in [4.69, 9.17) is 0 Å². The fraction of sp³-hybridized carbons (Fsp3) is 0.435. The van der Waals surface area contributed by atoms with Gasteiger partial charge in [0.25, 0.3) is 5.91 Å². The number of benzene rings is 2. The Bertz CT molecular complexity index is 910. The lowest BCUT2D eigenvalue weighted by atomic mass is 10.1. The van der Waals surface area contributed by atoms with Crippen LogP contribution in [-0.2, 0) is 14.8 Å². The molecular weight excluding hydrogens is 398 g/mol. The summed E-state index contributed by atoms with van der Waals surface area (Å²) in [6, 6.07) is 17.0. The lowest BCUT2D eigenvalue weighted by molar-refractivity contribution is -0.683. The predicted molar refractivity (Wildman–Crippen MR) is 119 cm³/mol. The summed E-state index contributed by atoms with van der Waals surface area (Å²) in [6.07, 6.45) is 0. The highest BCUT2D eigenvalue weighted by molar-refractivity contribution is 7.89. The van der Waals surface area contributed by atoms with Crippen LogP contribution in [0.2, 0.25) is 0 Å². The molecule has 1 amide bonds. The summed E-state index contributed by atoms with van der Waals surface area (Å²) in [4.78, 5) is 14.7. The molecule has 6 nitrogen and oxygen atoms in total. The minimum atomic E-state index is -3.45. The molecule has 2 rings (SSSR count). The van der Waals surface area contributed by atoms with Gasteiger partial charge in [0.15, 0.2) is 6.54 Å². The maximum Gasteiger partial charge on any atom is 0.277 e. The zero-order chi connectivity index (χ0) is 22.3. The van der Waals surface area contributed by atoms with Gasteiger partial charge in [-0.15, -0.1) is 0 Å². The van der Waals surface area contributed by atoms with Crippen LogP contribution in [-0.4, -0.2) is 50.2 Å². The highest BCUT2D eigenvalue weighted by Gasteiger charge is 2.23. The fourth-order valence-electron chi connectivity index (χ4n) is 3.38. The summed E-state index contributed by atoms with van der Waals surface area (Å²) in [5, 5.41) is 1.98. The van der Waals surface area contributed by atoms with Crippen molar-refractivity contribution in [2.75, 3.05) is 26.7 Å². The van der Waals surface area contributed by atoms with E-state index in [2.05, 4.69) is 0 Å². The van der Waals surface area contributed by atoms with Crippen LogP contribution < -0.4 is 5.32 Å². The number of likely N-dealkylation sites (N-methyl/N-ethyl adjacent to an activating group) is 1. The number of hydrogen-bond donors (Lipinski definition) is 1. The van der Waals surface area contributed by atoms with E-state index < -0.39 is 10.0 Å². The first-order valence-electron chi connectivity index (χ1n) is 10.5. The normalized spacial score (nSPS) is 13.8. The van der Waals surface area contributed by atoms with Crippen molar-refractivity contribution in [3.63, 3.8) is 0 Å². The average molecular weight is 433 g/mol. The van der Waals surface area contributed by atoms with Crippen LogP contribution in [0.25, 0.3) is 0 Å². The van der Waals surface area contributed by atoms with E-state index >= 15 is 0 Å². The summed E-state index contributed by atoms with van der Waals surface area (Å²) >= 11 is 0. The third-order valence-corrected chi connectivity index (χ3v) is 7.72. The second-order valence-corrected chi connectivity index (χ2v) is 9.42. The number of quaternary nitrogens is 1. The van der Waals surface area contributed by atoms with E-state index in [0.717, 1.165) is 11.1 Å². The maximum absolute atomic E-state index is 12.6. The topological polar surface area (TPSA) is 74.3 Å². The van der Waals surface area contributed by atoms with Crippen molar-refractivity contribution in [2.45, 2.75) is 44.7 Å². The number of hydrogen-bond acceptors (Lipinski definition) is 3. The molecule has 0 aliphatic rings. The summed E-state index contributed by atoms with van der Waals surface area (Å²) in [6.45, 7) is 8.92. The zero-order valence-electron chi connectivity index (χ0n) is 18.6. The van der Waals surface area contributed by atoms with Crippen molar-refractivity contribution in [1.29, 1.82) is 0 Å². The Kier molecular flexibility index (Phi) is 8.58. The molecule has 0 radical (unpaired) electrons. The lowest BCUT2D eigenvalue weighted by Gasteiger charge is -2.25. The molecule has 0 fully saturated rings. The minimum Gasteiger partial charge on any atom is -0.334 e. The molecule has 0 aliphatic heterocycles. The molecule has 7 heteroatoms. The standard InChI is InChI=1S/C23H33N3O3S/c1-6-26(7-2)30(28,29)22-15-13-20(14-16-22)18(3)24-17-23(27)25(5)19(4)21-11-9-8-10-12-21/h8-16,18-19,24H,6-7,17H2,1-5H3/p+1/t18-,19+/m1/s1. The molecule has 0 saturated carbocycles. The van der Waals surface area contributed by atoms with Crippen molar-refractivity contribution in [3.05, 3.63) is 65.7 Å². The lowest BCUT2D eigenvalue weighted by Crippen LogP contribution is -2.87. The van der Waals surface area contributed by atoms with Gasteiger partial charge in [0, 0.05) is 25.7 Å². The van der Waals surface area contributed by atoms with Crippen molar-refractivity contribution < 1.29 is 18.5 Å². The van der Waals surface area contributed by atoms with Gasteiger partial charge >= 0.3 is 0 Å². The van der Waals surface area contributed by atoms with Gasteiger partial charge in [0.1, 0.15) is 6.04 Å². The SMILES string of the molecule is CCN(CC)S(=O)(=O)c1ccc([C@@H](C)[NH2+]CC(=O)N(C)[C@@H](C)c2ccccc2)cc1. The van der Waals surface area contributed by atoms with Gasteiger partial charge < -0.3 is 10.2 Å². The van der Waals surface area contributed by atoms with Gasteiger partial charge in [-0.1, -0.05) is 56.3 Å². The van der Waals surface area contributed by atoms with Gasteiger partial charge in [0.2, 0.25) is 10.0 Å². The van der Waals surface area contributed by atoms with Gasteiger partial charge in [0.05, 0.1) is 10.9 Å². The largest absolute Gasteiger partial charge is 0.334 e. The van der Waals surface area contributed by atoms with Crippen LogP contribution in [0, 0.1) is 0 Å². The Balaban J connectivity index is 1.98. The summed E-state index contributed by atoms with van der Waals surface area (Å²) in [5.41, 5.74) is 2.09. The molecule has 2 N–H and O–H groups in total. The third-order valence-electron chi connectivity index (χ3n) is 5.65. The first-order chi connectivity index (χ1) is 14.2. The molecule has 2 atom stereocenters. The quantitative estimate of drug-likeness (QED) is 0.627. The van der Waals surface area contributed by atoms with Gasteiger partial charge in [-0.3, -0.25) is 4.79 Å². The monoisotopic (exact) mass is 432 g/mol. The van der Waals surface area contributed by atoms with E-state index in [1.165, 1.54) is 4.31 Å². The molecule has 30 heavy (non-hydrogen) atoms. The van der Waals surface area contributed by atoms with E-state index in [1.807, 2.05) is 82.5 Å². The Morgan fingerprint density at radius 3 is 2.03 bits per heavy atom. The van der Waals surface area contributed by atoms with E-state index in [1.54, 1.807) is 17.0 Å². The first-order valence-corrected chi connectivity index (χ1v) is 11.9. The van der Waals surface area contributed by atoms with Crippen LogP contribution >= 0.6 is 0 Å². The number of rotatable bonds is 10. The second kappa shape index (κ2) is 10.7. The predicted octanol–water partition coefficient (Wildman–Crippen LogP) is 2.56. The molecule has 0 aromatic heterocycles. The number of nitrogens with two attached hydrogens (primary N) is 1. The molecule has 0 saturated heterocycles. The summed E-state index contributed by atoms with van der Waals surface area (Å²) < 4.78 is 26.7. The molecular formula is C23H34N3O3S+. The fourth-order valence-corrected chi connectivity index (χ4v) is 4.84. The second-order valence-electron chi connectivity index (χ2n) is 7.48. The minimum absolute atomic E-state index is 0.00646.